The third-order valence-electron chi connectivity index (χ3n) is 4.40. The monoisotopic (exact) mass is 405 g/mol. The van der Waals surface area contributed by atoms with Gasteiger partial charge in [-0.25, -0.2) is 4.98 Å². The number of rotatable bonds is 4. The van der Waals surface area contributed by atoms with E-state index in [1.807, 2.05) is 18.2 Å². The van der Waals surface area contributed by atoms with Crippen molar-refractivity contribution < 1.29 is 9.47 Å². The van der Waals surface area contributed by atoms with Gasteiger partial charge in [0.05, 0.1) is 0 Å². The van der Waals surface area contributed by atoms with Crippen molar-refractivity contribution in [1.82, 2.24) is 15.3 Å². The van der Waals surface area contributed by atoms with Crippen LogP contribution in [0.5, 0.6) is 11.5 Å². The van der Waals surface area contributed by atoms with E-state index in [0.717, 1.165) is 36.0 Å². The zero-order valence-corrected chi connectivity index (χ0v) is 16.3. The maximum atomic E-state index is 6.15. The van der Waals surface area contributed by atoms with Gasteiger partial charge in [0.15, 0.2) is 16.6 Å². The minimum Gasteiger partial charge on any atom is -0.486 e. The van der Waals surface area contributed by atoms with Crippen LogP contribution in [0.15, 0.2) is 24.3 Å². The van der Waals surface area contributed by atoms with Crippen LogP contribution in [0.4, 0.5) is 11.8 Å². The zero-order chi connectivity index (χ0) is 18.6. The average Bonchev–Trinajstić information content (AvgIpc) is 3.21. The summed E-state index contributed by atoms with van der Waals surface area (Å²) in [6, 6.07) is 7.62. The van der Waals surface area contributed by atoms with E-state index in [2.05, 4.69) is 25.5 Å². The van der Waals surface area contributed by atoms with Crippen molar-refractivity contribution in [2.75, 3.05) is 36.5 Å². The number of aromatic nitrogens is 2. The lowest BCUT2D eigenvalue weighted by Gasteiger charge is -2.19. The van der Waals surface area contributed by atoms with E-state index >= 15 is 0 Å². The van der Waals surface area contributed by atoms with Crippen molar-refractivity contribution in [2.45, 2.75) is 19.4 Å². The Balaban J connectivity index is 1.36. The summed E-state index contributed by atoms with van der Waals surface area (Å²) in [5.41, 5.74) is 1.04. The standard InChI is InChI=1S/C18H20ClN5O2S/c19-15-10-16(24-5-1-2-6-24)22-17(21-15)23-18(27)20-11-12-3-4-13-14(9-12)26-8-7-25-13/h3-4,9-10H,1-2,5-8,11H2,(H2,20,21,22,23,27). The minimum atomic E-state index is 0.393. The molecule has 2 aliphatic heterocycles. The molecule has 9 heteroatoms. The second-order valence-corrected chi connectivity index (χ2v) is 7.15. The number of hydrogen-bond donors (Lipinski definition) is 2. The maximum absolute atomic E-state index is 6.15. The van der Waals surface area contributed by atoms with E-state index in [1.165, 1.54) is 12.8 Å². The van der Waals surface area contributed by atoms with Crippen LogP contribution in [0.25, 0.3) is 0 Å². The third-order valence-corrected chi connectivity index (χ3v) is 4.84. The molecular formula is C18H20ClN5O2S. The van der Waals surface area contributed by atoms with Crippen LogP contribution >= 0.6 is 23.8 Å². The second-order valence-electron chi connectivity index (χ2n) is 6.35. The van der Waals surface area contributed by atoms with Crippen LogP contribution in [-0.4, -0.2) is 41.4 Å². The van der Waals surface area contributed by atoms with Crippen molar-refractivity contribution in [1.29, 1.82) is 0 Å². The van der Waals surface area contributed by atoms with Crippen LogP contribution in [0.2, 0.25) is 5.15 Å². The Morgan fingerprint density at radius 3 is 2.70 bits per heavy atom. The van der Waals surface area contributed by atoms with Gasteiger partial charge in [0, 0.05) is 25.7 Å². The maximum Gasteiger partial charge on any atom is 0.232 e. The Bertz CT molecular complexity index is 844. The van der Waals surface area contributed by atoms with Gasteiger partial charge >= 0.3 is 0 Å². The summed E-state index contributed by atoms with van der Waals surface area (Å²) in [6.45, 7) is 3.66. The Morgan fingerprint density at radius 2 is 1.89 bits per heavy atom. The predicted molar refractivity (Wildman–Crippen MR) is 109 cm³/mol. The lowest BCUT2D eigenvalue weighted by atomic mass is 10.2. The summed E-state index contributed by atoms with van der Waals surface area (Å²) < 4.78 is 11.1. The van der Waals surface area contributed by atoms with E-state index in [1.54, 1.807) is 6.07 Å². The van der Waals surface area contributed by atoms with Gasteiger partial charge in [0.2, 0.25) is 5.95 Å². The first-order valence-electron chi connectivity index (χ1n) is 8.90. The molecule has 0 amide bonds. The molecule has 7 nitrogen and oxygen atoms in total. The van der Waals surface area contributed by atoms with E-state index in [0.29, 0.717) is 36.0 Å². The van der Waals surface area contributed by atoms with Crippen LogP contribution in [0.1, 0.15) is 18.4 Å². The fraction of sp³-hybridized carbons (Fsp3) is 0.389. The van der Waals surface area contributed by atoms with Gasteiger partial charge in [-0.05, 0) is 42.8 Å². The molecule has 1 aromatic heterocycles. The molecule has 0 bridgehead atoms. The second kappa shape index (κ2) is 8.14. The molecule has 142 valence electrons. The van der Waals surface area contributed by atoms with Crippen molar-refractivity contribution in [2.24, 2.45) is 0 Å². The Hall–Kier alpha value is -2.32. The molecule has 2 aromatic rings. The molecule has 2 aliphatic rings. The number of fused-ring (bicyclic) bond motifs is 1. The summed E-state index contributed by atoms with van der Waals surface area (Å²) in [5, 5.41) is 6.98. The average molecular weight is 406 g/mol. The Kier molecular flexibility index (Phi) is 5.45. The van der Waals surface area contributed by atoms with Crippen molar-refractivity contribution >= 4 is 40.7 Å². The third kappa shape index (κ3) is 4.51. The number of anilines is 2. The first kappa shape index (κ1) is 18.1. The molecule has 1 aromatic carbocycles. The van der Waals surface area contributed by atoms with Crippen molar-refractivity contribution in [3.63, 3.8) is 0 Å². The van der Waals surface area contributed by atoms with E-state index < -0.39 is 0 Å². The molecular weight excluding hydrogens is 386 g/mol. The molecule has 0 aliphatic carbocycles. The molecule has 0 atom stereocenters. The molecule has 27 heavy (non-hydrogen) atoms. The summed E-state index contributed by atoms with van der Waals surface area (Å²) in [5.74, 6) is 2.74. The van der Waals surface area contributed by atoms with Crippen molar-refractivity contribution in [3.8, 4) is 11.5 Å². The highest BCUT2D eigenvalue weighted by Gasteiger charge is 2.16. The van der Waals surface area contributed by atoms with Gasteiger partial charge in [-0.1, -0.05) is 17.7 Å². The lowest BCUT2D eigenvalue weighted by Crippen LogP contribution is -2.29. The smallest absolute Gasteiger partial charge is 0.232 e. The first-order chi connectivity index (χ1) is 13.2. The van der Waals surface area contributed by atoms with Gasteiger partial charge in [-0.3, -0.25) is 0 Å². The molecule has 1 fully saturated rings. The highest BCUT2D eigenvalue weighted by molar-refractivity contribution is 7.80. The number of hydrogen-bond acceptors (Lipinski definition) is 6. The predicted octanol–water partition coefficient (Wildman–Crippen LogP) is 2.99. The van der Waals surface area contributed by atoms with Crippen LogP contribution in [0.3, 0.4) is 0 Å². The summed E-state index contributed by atoms with van der Waals surface area (Å²) in [7, 11) is 0. The number of thiocarbonyl (C=S) groups is 1. The first-order valence-corrected chi connectivity index (χ1v) is 9.69. The van der Waals surface area contributed by atoms with Crippen molar-refractivity contribution in [3.05, 3.63) is 35.0 Å². The molecule has 0 saturated carbocycles. The minimum absolute atomic E-state index is 0.393. The van der Waals surface area contributed by atoms with E-state index in [-0.39, 0.29) is 0 Å². The Morgan fingerprint density at radius 1 is 1.11 bits per heavy atom. The van der Waals surface area contributed by atoms with Gasteiger partial charge in [-0.15, -0.1) is 0 Å². The highest BCUT2D eigenvalue weighted by atomic mass is 35.5. The number of benzene rings is 1. The fourth-order valence-corrected chi connectivity index (χ4v) is 3.44. The molecule has 4 rings (SSSR count). The molecule has 0 radical (unpaired) electrons. The molecule has 2 N–H and O–H groups in total. The molecule has 0 unspecified atom stereocenters. The lowest BCUT2D eigenvalue weighted by molar-refractivity contribution is 0.171. The molecule has 1 saturated heterocycles. The topological polar surface area (TPSA) is 71.5 Å². The van der Waals surface area contributed by atoms with Crippen LogP contribution < -0.4 is 25.0 Å². The van der Waals surface area contributed by atoms with Gasteiger partial charge in [0.1, 0.15) is 24.2 Å². The van der Waals surface area contributed by atoms with Crippen LogP contribution in [0, 0.1) is 0 Å². The summed E-state index contributed by atoms with van der Waals surface area (Å²) >= 11 is 11.5. The SMILES string of the molecule is S=C(NCc1ccc2c(c1)OCCO2)Nc1nc(Cl)cc(N2CCCC2)n1. The largest absolute Gasteiger partial charge is 0.486 e. The van der Waals surface area contributed by atoms with Gasteiger partial charge in [-0.2, -0.15) is 4.98 Å². The number of nitrogens with one attached hydrogen (secondary N) is 2. The molecule has 0 spiro atoms. The quantitative estimate of drug-likeness (QED) is 0.594. The zero-order valence-electron chi connectivity index (χ0n) is 14.7. The number of nitrogens with zero attached hydrogens (tertiary/aromatic N) is 3. The fourth-order valence-electron chi connectivity index (χ4n) is 3.10. The normalized spacial score (nSPS) is 15.5. The number of halogens is 1. The number of ether oxygens (including phenoxy) is 2. The Labute approximate surface area is 168 Å². The van der Waals surface area contributed by atoms with E-state index in [4.69, 9.17) is 33.3 Å². The summed E-state index contributed by atoms with van der Waals surface area (Å²) in [4.78, 5) is 10.9. The summed E-state index contributed by atoms with van der Waals surface area (Å²) in [6.07, 6.45) is 2.33. The van der Waals surface area contributed by atoms with Crippen LogP contribution in [-0.2, 0) is 6.54 Å². The highest BCUT2D eigenvalue weighted by Crippen LogP contribution is 2.30. The molecule has 3 heterocycles. The van der Waals surface area contributed by atoms with E-state index in [9.17, 15) is 0 Å². The van der Waals surface area contributed by atoms with Gasteiger partial charge < -0.3 is 25.0 Å². The van der Waals surface area contributed by atoms with Gasteiger partial charge in [0.25, 0.3) is 0 Å².